The highest BCUT2D eigenvalue weighted by Gasteiger charge is 2.10. The first kappa shape index (κ1) is 17.9. The van der Waals surface area contributed by atoms with Crippen LogP contribution in [0.15, 0.2) is 65.3 Å². The summed E-state index contributed by atoms with van der Waals surface area (Å²) in [6.07, 6.45) is 6.33. The average molecular weight is 352 g/mol. The van der Waals surface area contributed by atoms with Crippen molar-refractivity contribution < 1.29 is 18.3 Å². The second-order valence-electron chi connectivity index (χ2n) is 6.14. The van der Waals surface area contributed by atoms with Gasteiger partial charge in [-0.05, 0) is 73.7 Å². The van der Waals surface area contributed by atoms with E-state index in [9.17, 15) is 9.18 Å². The van der Waals surface area contributed by atoms with Crippen LogP contribution in [0.4, 0.5) is 4.39 Å². The number of carbonyl (C=O) groups excluding carboxylic acids is 1. The van der Waals surface area contributed by atoms with Gasteiger partial charge in [0.15, 0.2) is 0 Å². The van der Waals surface area contributed by atoms with Crippen molar-refractivity contribution in [2.45, 2.75) is 25.7 Å². The van der Waals surface area contributed by atoms with E-state index in [2.05, 4.69) is 0 Å². The Hall–Kier alpha value is -2.88. The van der Waals surface area contributed by atoms with E-state index >= 15 is 0 Å². The van der Waals surface area contributed by atoms with Crippen LogP contribution in [0.3, 0.4) is 0 Å². The summed E-state index contributed by atoms with van der Waals surface area (Å²) in [6, 6.07) is 15.6. The molecule has 2 aromatic carbocycles. The number of hydrogen-bond donors (Lipinski definition) is 0. The molecule has 0 amide bonds. The number of unbranched alkanes of at least 4 members (excludes halogenated alkanes) is 2. The molecule has 3 aromatic rings. The van der Waals surface area contributed by atoms with Crippen molar-refractivity contribution in [1.29, 1.82) is 0 Å². The first-order valence-electron chi connectivity index (χ1n) is 8.76. The molecule has 4 heteroatoms. The topological polar surface area (TPSA) is 39.4 Å². The highest BCUT2D eigenvalue weighted by atomic mass is 19.1. The third-order valence-electron chi connectivity index (χ3n) is 4.21. The van der Waals surface area contributed by atoms with Gasteiger partial charge in [-0.15, -0.1) is 0 Å². The van der Waals surface area contributed by atoms with E-state index in [0.717, 1.165) is 43.1 Å². The summed E-state index contributed by atoms with van der Waals surface area (Å²) in [4.78, 5) is 11.0. The van der Waals surface area contributed by atoms with E-state index < -0.39 is 0 Å². The van der Waals surface area contributed by atoms with Gasteiger partial charge in [0.2, 0.25) is 0 Å². The van der Waals surface area contributed by atoms with E-state index in [1.54, 1.807) is 24.5 Å². The quantitative estimate of drug-likeness (QED) is 0.367. The second kappa shape index (κ2) is 8.99. The summed E-state index contributed by atoms with van der Waals surface area (Å²) >= 11 is 0. The average Bonchev–Trinajstić information content (AvgIpc) is 3.20. The van der Waals surface area contributed by atoms with E-state index in [1.165, 1.54) is 12.1 Å². The number of aldehydes is 1. The van der Waals surface area contributed by atoms with Gasteiger partial charge in [-0.25, -0.2) is 4.39 Å². The number of furan rings is 1. The molecule has 0 aliphatic heterocycles. The lowest BCUT2D eigenvalue weighted by molar-refractivity contribution is 0.112. The predicted molar refractivity (Wildman–Crippen MR) is 99.0 cm³/mol. The molecule has 3 nitrogen and oxygen atoms in total. The molecular formula is C22H21FO3. The lowest BCUT2D eigenvalue weighted by atomic mass is 10.1. The fraction of sp³-hybridized carbons (Fsp3) is 0.227. The minimum Gasteiger partial charge on any atom is -0.493 e. The molecule has 0 saturated carbocycles. The standard InChI is InChI=1S/C22H21FO3/c23-19-10-7-17(8-11-19)5-2-1-3-13-25-22-12-9-18(16-24)15-20(22)21-6-4-14-26-21/h4,6-12,14-16H,1-3,5,13H2. The fourth-order valence-corrected chi connectivity index (χ4v) is 2.81. The van der Waals surface area contributed by atoms with Gasteiger partial charge >= 0.3 is 0 Å². The lowest BCUT2D eigenvalue weighted by Crippen LogP contribution is -2.00. The van der Waals surface area contributed by atoms with Crippen LogP contribution >= 0.6 is 0 Å². The summed E-state index contributed by atoms with van der Waals surface area (Å²) in [5, 5.41) is 0. The van der Waals surface area contributed by atoms with Gasteiger partial charge in [0.1, 0.15) is 23.6 Å². The Bertz CT molecular complexity index is 823. The van der Waals surface area contributed by atoms with Gasteiger partial charge in [-0.3, -0.25) is 4.79 Å². The molecule has 0 saturated heterocycles. The molecule has 0 fully saturated rings. The van der Waals surface area contributed by atoms with Crippen molar-refractivity contribution in [1.82, 2.24) is 0 Å². The Balaban J connectivity index is 1.49. The second-order valence-corrected chi connectivity index (χ2v) is 6.14. The molecule has 0 atom stereocenters. The summed E-state index contributed by atoms with van der Waals surface area (Å²) in [5.41, 5.74) is 2.52. The number of rotatable bonds is 9. The molecule has 0 bridgehead atoms. The van der Waals surface area contributed by atoms with E-state index in [4.69, 9.17) is 9.15 Å². The van der Waals surface area contributed by atoms with Crippen LogP contribution in [0.2, 0.25) is 0 Å². The molecule has 1 aromatic heterocycles. The molecule has 26 heavy (non-hydrogen) atoms. The van der Waals surface area contributed by atoms with Gasteiger partial charge in [0, 0.05) is 5.56 Å². The Morgan fingerprint density at radius 3 is 2.58 bits per heavy atom. The smallest absolute Gasteiger partial charge is 0.150 e. The number of ether oxygens (including phenoxy) is 1. The van der Waals surface area contributed by atoms with Crippen molar-refractivity contribution in [2.75, 3.05) is 6.61 Å². The van der Waals surface area contributed by atoms with E-state index in [0.29, 0.717) is 23.7 Å². The van der Waals surface area contributed by atoms with E-state index in [1.807, 2.05) is 24.3 Å². The summed E-state index contributed by atoms with van der Waals surface area (Å²) in [6.45, 7) is 0.595. The third kappa shape index (κ3) is 4.82. The van der Waals surface area contributed by atoms with Crippen LogP contribution in [0.25, 0.3) is 11.3 Å². The van der Waals surface area contributed by atoms with Crippen LogP contribution in [-0.4, -0.2) is 12.9 Å². The van der Waals surface area contributed by atoms with Crippen molar-refractivity contribution in [3.63, 3.8) is 0 Å². The highest BCUT2D eigenvalue weighted by molar-refractivity contribution is 5.80. The third-order valence-corrected chi connectivity index (χ3v) is 4.21. The zero-order chi connectivity index (χ0) is 18.2. The number of aryl methyl sites for hydroxylation is 1. The van der Waals surface area contributed by atoms with Crippen LogP contribution < -0.4 is 4.74 Å². The van der Waals surface area contributed by atoms with Crippen LogP contribution in [0.5, 0.6) is 5.75 Å². The van der Waals surface area contributed by atoms with Gasteiger partial charge < -0.3 is 9.15 Å². The van der Waals surface area contributed by atoms with E-state index in [-0.39, 0.29) is 5.82 Å². The summed E-state index contributed by atoms with van der Waals surface area (Å²) < 4.78 is 24.2. The minimum absolute atomic E-state index is 0.199. The lowest BCUT2D eigenvalue weighted by Gasteiger charge is -2.11. The van der Waals surface area contributed by atoms with Crippen molar-refractivity contribution >= 4 is 6.29 Å². The Morgan fingerprint density at radius 1 is 1.00 bits per heavy atom. The molecule has 134 valence electrons. The van der Waals surface area contributed by atoms with Gasteiger partial charge in [-0.2, -0.15) is 0 Å². The van der Waals surface area contributed by atoms with Crippen molar-refractivity contribution in [2.24, 2.45) is 0 Å². The minimum atomic E-state index is -0.199. The maximum absolute atomic E-state index is 12.9. The molecular weight excluding hydrogens is 331 g/mol. The van der Waals surface area contributed by atoms with Crippen molar-refractivity contribution in [3.05, 3.63) is 77.8 Å². The summed E-state index contributed by atoms with van der Waals surface area (Å²) in [7, 11) is 0. The van der Waals surface area contributed by atoms with Crippen LogP contribution in [0, 0.1) is 5.82 Å². The first-order valence-corrected chi connectivity index (χ1v) is 8.76. The molecule has 0 spiro atoms. The molecule has 0 aliphatic rings. The Kier molecular flexibility index (Phi) is 6.20. The molecule has 0 aliphatic carbocycles. The Labute approximate surface area is 152 Å². The normalized spacial score (nSPS) is 10.7. The zero-order valence-corrected chi connectivity index (χ0v) is 14.5. The van der Waals surface area contributed by atoms with Crippen molar-refractivity contribution in [3.8, 4) is 17.1 Å². The SMILES string of the molecule is O=Cc1ccc(OCCCCCc2ccc(F)cc2)c(-c2ccco2)c1. The fourth-order valence-electron chi connectivity index (χ4n) is 2.81. The monoisotopic (exact) mass is 352 g/mol. The molecule has 0 N–H and O–H groups in total. The van der Waals surface area contributed by atoms with Gasteiger partial charge in [-0.1, -0.05) is 12.1 Å². The Morgan fingerprint density at radius 2 is 1.85 bits per heavy atom. The van der Waals surface area contributed by atoms with Gasteiger partial charge in [0.05, 0.1) is 18.4 Å². The molecule has 0 radical (unpaired) electrons. The van der Waals surface area contributed by atoms with Gasteiger partial charge in [0.25, 0.3) is 0 Å². The number of benzene rings is 2. The molecule has 3 rings (SSSR count). The largest absolute Gasteiger partial charge is 0.493 e. The highest BCUT2D eigenvalue weighted by Crippen LogP contribution is 2.31. The first-order chi connectivity index (χ1) is 12.8. The number of hydrogen-bond acceptors (Lipinski definition) is 3. The predicted octanol–water partition coefficient (Wildman–Crippen LogP) is 5.69. The maximum Gasteiger partial charge on any atom is 0.150 e. The molecule has 0 unspecified atom stereocenters. The van der Waals surface area contributed by atoms with Crippen LogP contribution in [0.1, 0.15) is 35.2 Å². The van der Waals surface area contributed by atoms with Crippen LogP contribution in [-0.2, 0) is 6.42 Å². The number of carbonyl (C=O) groups is 1. The summed E-state index contributed by atoms with van der Waals surface area (Å²) in [5.74, 6) is 1.19. The zero-order valence-electron chi connectivity index (χ0n) is 14.5. The number of halogens is 1. The maximum atomic E-state index is 12.9. The molecule has 1 heterocycles.